The Labute approximate surface area is 57.2 Å². The molecule has 0 radical (unpaired) electrons. The van der Waals surface area contributed by atoms with Crippen LogP contribution in [0, 0.1) is 0 Å². The third kappa shape index (κ3) is 8.18. The van der Waals surface area contributed by atoms with Crippen molar-refractivity contribution in [2.45, 2.75) is 0 Å². The van der Waals surface area contributed by atoms with E-state index in [2.05, 4.69) is 22.5 Å². The summed E-state index contributed by atoms with van der Waals surface area (Å²) in [6.45, 7) is 0. The third-order valence-corrected chi connectivity index (χ3v) is 1.14. The predicted molar refractivity (Wildman–Crippen MR) is 30.1 cm³/mol. The Bertz CT molecular complexity index is 175. The van der Waals surface area contributed by atoms with Gasteiger partial charge in [0.25, 0.3) is 0 Å². The molecule has 2 nitrogen and oxygen atoms in total. The van der Waals surface area contributed by atoms with Crippen molar-refractivity contribution in [3.63, 3.8) is 0 Å². The van der Waals surface area contributed by atoms with Crippen molar-refractivity contribution in [3.8, 4) is 0 Å². The second-order valence-electron chi connectivity index (χ2n) is 1.21. The SMILES string of the molecule is O=C=N[P-](F)(F)(F)(Cl)Cl. The van der Waals surface area contributed by atoms with Crippen LogP contribution in [0.2, 0.25) is 0 Å². The minimum atomic E-state index is -8.09. The van der Waals surface area contributed by atoms with Crippen LogP contribution in [-0.4, -0.2) is 6.08 Å². The van der Waals surface area contributed by atoms with E-state index in [1.165, 1.54) is 4.76 Å². The van der Waals surface area contributed by atoms with E-state index < -0.39 is 5.73 Å². The first-order valence-corrected chi connectivity index (χ1v) is 5.59. The molecule has 0 bridgehead atoms. The molecule has 0 aromatic rings. The van der Waals surface area contributed by atoms with Crippen LogP contribution < -0.4 is 0 Å². The van der Waals surface area contributed by atoms with Crippen molar-refractivity contribution in [1.82, 2.24) is 0 Å². The molecule has 0 aliphatic rings. The van der Waals surface area contributed by atoms with E-state index in [0.29, 0.717) is 0 Å². The summed E-state index contributed by atoms with van der Waals surface area (Å²) >= 11 is 7.63. The average Bonchev–Trinajstić information content (AvgIpc) is 1.22. The molecule has 0 unspecified atom stereocenters. The average molecular weight is 201 g/mol. The number of hydrogen-bond acceptors (Lipinski definition) is 2. The number of rotatable bonds is 1. The molecule has 0 heterocycles. The zero-order valence-corrected chi connectivity index (χ0v) is 6.10. The predicted octanol–water partition coefficient (Wildman–Crippen LogP) is 3.29. The van der Waals surface area contributed by atoms with E-state index in [1.807, 2.05) is 0 Å². The fraction of sp³-hybridized carbons (Fsp3) is 0. The summed E-state index contributed by atoms with van der Waals surface area (Å²) in [7, 11) is 0. The van der Waals surface area contributed by atoms with Crippen molar-refractivity contribution in [2.24, 2.45) is 4.76 Å². The maximum absolute atomic E-state index is 11.7. The maximum atomic E-state index is 11.7. The topological polar surface area (TPSA) is 29.4 Å². The fourth-order valence-corrected chi connectivity index (χ4v) is 0.417. The van der Waals surface area contributed by atoms with E-state index >= 15 is 0 Å². The number of hydrogen-bond donors (Lipinski definition) is 0. The van der Waals surface area contributed by atoms with Gasteiger partial charge in [-0.25, -0.2) is 0 Å². The van der Waals surface area contributed by atoms with Crippen LogP contribution >= 0.6 is 28.2 Å². The van der Waals surface area contributed by atoms with Crippen molar-refractivity contribution < 1.29 is 17.4 Å². The monoisotopic (exact) mass is 200 g/mol. The molecular formula is CCl2F3NOP-. The molecule has 0 atom stereocenters. The Morgan fingerprint density at radius 2 is 1.67 bits per heavy atom. The molecule has 0 aliphatic carbocycles. The molecule has 0 saturated carbocycles. The van der Waals surface area contributed by atoms with Gasteiger partial charge in [0.1, 0.15) is 0 Å². The van der Waals surface area contributed by atoms with E-state index in [-0.39, 0.29) is 6.08 Å². The summed E-state index contributed by atoms with van der Waals surface area (Å²) < 4.78 is 36.4. The van der Waals surface area contributed by atoms with Gasteiger partial charge in [0, 0.05) is 0 Å². The Kier molecular flexibility index (Phi) is 1.46. The normalized spacial score (nSPS) is 19.2. The van der Waals surface area contributed by atoms with E-state index in [9.17, 15) is 12.6 Å². The molecule has 0 aromatic carbocycles. The zero-order chi connectivity index (χ0) is 7.82. The van der Waals surface area contributed by atoms with Gasteiger partial charge in [-0.05, 0) is 0 Å². The first-order valence-electron chi connectivity index (χ1n) is 1.47. The van der Waals surface area contributed by atoms with Crippen LogP contribution in [0.25, 0.3) is 0 Å². The fourth-order valence-electron chi connectivity index (χ4n) is 0.0772. The van der Waals surface area contributed by atoms with Gasteiger partial charge in [-0.15, -0.1) is 0 Å². The van der Waals surface area contributed by atoms with E-state index in [0.717, 1.165) is 0 Å². The summed E-state index contributed by atoms with van der Waals surface area (Å²) in [6.07, 6.45) is 0.235. The molecule has 56 valence electrons. The van der Waals surface area contributed by atoms with Gasteiger partial charge >= 0.3 is 56.4 Å². The molecular weight excluding hydrogens is 201 g/mol. The van der Waals surface area contributed by atoms with E-state index in [1.54, 1.807) is 0 Å². The van der Waals surface area contributed by atoms with Crippen LogP contribution in [-0.2, 0) is 4.79 Å². The Hall–Kier alpha value is 0.180. The molecule has 0 saturated heterocycles. The number of halogens is 5. The van der Waals surface area contributed by atoms with Gasteiger partial charge in [0.15, 0.2) is 0 Å². The second-order valence-corrected chi connectivity index (χ2v) is 8.18. The van der Waals surface area contributed by atoms with Crippen LogP contribution in [0.4, 0.5) is 12.6 Å². The zero-order valence-electron chi connectivity index (χ0n) is 3.69. The van der Waals surface area contributed by atoms with Gasteiger partial charge in [0.2, 0.25) is 0 Å². The third-order valence-electron chi connectivity index (χ3n) is 0.230. The molecule has 0 spiro atoms. The molecule has 0 rings (SSSR count). The Morgan fingerprint density at radius 1 is 1.33 bits per heavy atom. The first-order chi connectivity index (χ1) is 3.54. The molecule has 0 N–H and O–H groups in total. The molecule has 9 heavy (non-hydrogen) atoms. The van der Waals surface area contributed by atoms with Gasteiger partial charge in [-0.3, -0.25) is 0 Å². The summed E-state index contributed by atoms with van der Waals surface area (Å²) in [5, 5.41) is 0. The minimum absolute atomic E-state index is 0.235. The number of nitrogens with zero attached hydrogens (tertiary/aromatic N) is 1. The van der Waals surface area contributed by atoms with Crippen molar-refractivity contribution in [1.29, 1.82) is 0 Å². The summed E-state index contributed by atoms with van der Waals surface area (Å²) in [5.41, 5.74) is -8.09. The second kappa shape index (κ2) is 1.43. The van der Waals surface area contributed by atoms with E-state index in [4.69, 9.17) is 4.79 Å². The summed E-state index contributed by atoms with van der Waals surface area (Å²) in [5.74, 6) is 0. The van der Waals surface area contributed by atoms with Gasteiger partial charge < -0.3 is 0 Å². The van der Waals surface area contributed by atoms with Crippen LogP contribution in [0.5, 0.6) is 0 Å². The number of carbonyl (C=O) groups excluding carboxylic acids is 1. The van der Waals surface area contributed by atoms with Crippen LogP contribution in [0.3, 0.4) is 0 Å². The van der Waals surface area contributed by atoms with Crippen molar-refractivity contribution >= 4 is 34.3 Å². The van der Waals surface area contributed by atoms with Gasteiger partial charge in [0.05, 0.1) is 0 Å². The molecule has 0 amide bonds. The van der Waals surface area contributed by atoms with Crippen molar-refractivity contribution in [3.05, 3.63) is 0 Å². The quantitative estimate of drug-likeness (QED) is 0.363. The molecule has 0 aliphatic heterocycles. The van der Waals surface area contributed by atoms with Gasteiger partial charge in [-0.2, -0.15) is 0 Å². The Morgan fingerprint density at radius 3 is 1.67 bits per heavy atom. The molecule has 0 aromatic heterocycles. The molecule has 8 heteroatoms. The van der Waals surface area contributed by atoms with Crippen LogP contribution in [0.15, 0.2) is 4.76 Å². The summed E-state index contributed by atoms with van der Waals surface area (Å²) in [6, 6.07) is 0. The Balaban J connectivity index is 4.99. The first kappa shape index (κ1) is 9.18. The van der Waals surface area contributed by atoms with Crippen molar-refractivity contribution in [2.75, 3.05) is 0 Å². The standard InChI is InChI=1S/CCl2F3NOP/c2-9(3,4,5,6)7-1-8/q-1. The summed E-state index contributed by atoms with van der Waals surface area (Å²) in [4.78, 5) is 9.08. The van der Waals surface area contributed by atoms with Crippen LogP contribution in [0.1, 0.15) is 0 Å². The van der Waals surface area contributed by atoms with Gasteiger partial charge in [-0.1, -0.05) is 0 Å². The number of isocyanates is 1. The molecule has 0 fully saturated rings.